The Hall–Kier alpha value is -1.38. The average molecular weight is 291 g/mol. The van der Waals surface area contributed by atoms with E-state index in [1.54, 1.807) is 11.3 Å². The van der Waals surface area contributed by atoms with Gasteiger partial charge < -0.3 is 10.6 Å². The Balaban J connectivity index is 2.09. The molecule has 0 saturated carbocycles. The molecule has 0 fully saturated rings. The minimum atomic E-state index is 0.00314. The van der Waals surface area contributed by atoms with E-state index in [4.69, 9.17) is 0 Å². The number of amides is 1. The van der Waals surface area contributed by atoms with Crippen molar-refractivity contribution in [1.82, 2.24) is 5.32 Å². The quantitative estimate of drug-likeness (QED) is 0.820. The van der Waals surface area contributed by atoms with Gasteiger partial charge in [-0.3, -0.25) is 4.79 Å². The highest BCUT2D eigenvalue weighted by atomic mass is 32.1. The Morgan fingerprint density at radius 2 is 2.35 bits per heavy atom. The van der Waals surface area contributed by atoms with Crippen LogP contribution in [-0.4, -0.2) is 19.5 Å². The zero-order valence-electron chi connectivity index (χ0n) is 12.1. The molecule has 0 aromatic carbocycles. The molecular formula is C15H21N3OS. The monoisotopic (exact) mass is 291 g/mol. The largest absolute Gasteiger partial charge is 0.320 e. The molecule has 0 spiro atoms. The van der Waals surface area contributed by atoms with Crippen LogP contribution in [0.5, 0.6) is 0 Å². The van der Waals surface area contributed by atoms with Crippen LogP contribution in [0.3, 0.4) is 0 Å². The molecule has 2 N–H and O–H groups in total. The van der Waals surface area contributed by atoms with Crippen molar-refractivity contribution in [1.29, 1.82) is 5.26 Å². The zero-order valence-corrected chi connectivity index (χ0v) is 12.9. The number of thiophene rings is 1. The van der Waals surface area contributed by atoms with Gasteiger partial charge >= 0.3 is 0 Å². The molecule has 1 amide bonds. The van der Waals surface area contributed by atoms with Crippen molar-refractivity contribution in [3.8, 4) is 6.07 Å². The van der Waals surface area contributed by atoms with Crippen molar-refractivity contribution >= 4 is 22.2 Å². The van der Waals surface area contributed by atoms with E-state index in [0.29, 0.717) is 17.9 Å². The van der Waals surface area contributed by atoms with E-state index in [9.17, 15) is 10.1 Å². The third-order valence-electron chi connectivity index (χ3n) is 3.71. The first-order chi connectivity index (χ1) is 9.65. The SMILES string of the molecule is CNCCCC(=O)Nc1sc2c(c1C#N)CCC(C)C2. The highest BCUT2D eigenvalue weighted by Gasteiger charge is 2.24. The lowest BCUT2D eigenvalue weighted by molar-refractivity contribution is -0.116. The van der Waals surface area contributed by atoms with Crippen LogP contribution in [0.25, 0.3) is 0 Å². The van der Waals surface area contributed by atoms with Crippen LogP contribution in [0, 0.1) is 17.2 Å². The molecule has 1 aromatic rings. The number of carbonyl (C=O) groups is 1. The van der Waals surface area contributed by atoms with Crippen LogP contribution < -0.4 is 10.6 Å². The summed E-state index contributed by atoms with van der Waals surface area (Å²) in [4.78, 5) is 13.2. The van der Waals surface area contributed by atoms with E-state index < -0.39 is 0 Å². The Morgan fingerprint density at radius 3 is 3.05 bits per heavy atom. The first kappa shape index (κ1) is 15.0. The van der Waals surface area contributed by atoms with E-state index in [-0.39, 0.29) is 5.91 Å². The number of nitrogens with one attached hydrogen (secondary N) is 2. The van der Waals surface area contributed by atoms with Crippen LogP contribution in [0.4, 0.5) is 5.00 Å². The number of nitriles is 1. The van der Waals surface area contributed by atoms with Crippen LogP contribution in [0.15, 0.2) is 0 Å². The van der Waals surface area contributed by atoms with Crippen LogP contribution in [0.1, 0.15) is 42.2 Å². The summed E-state index contributed by atoms with van der Waals surface area (Å²) < 4.78 is 0. The number of carbonyl (C=O) groups excluding carboxylic acids is 1. The average Bonchev–Trinajstić information content (AvgIpc) is 2.75. The topological polar surface area (TPSA) is 64.9 Å². The minimum Gasteiger partial charge on any atom is -0.320 e. The summed E-state index contributed by atoms with van der Waals surface area (Å²) in [5.74, 6) is 0.676. The third-order valence-corrected chi connectivity index (χ3v) is 4.88. The molecule has 1 unspecified atom stereocenters. The predicted octanol–water partition coefficient (Wildman–Crippen LogP) is 2.68. The first-order valence-corrected chi connectivity index (χ1v) is 7.96. The second-order valence-electron chi connectivity index (χ2n) is 5.42. The molecule has 108 valence electrons. The van der Waals surface area contributed by atoms with Crippen molar-refractivity contribution in [2.75, 3.05) is 18.9 Å². The Bertz CT molecular complexity index is 530. The Kier molecular flexibility index (Phi) is 5.16. The normalized spacial score (nSPS) is 17.4. The maximum Gasteiger partial charge on any atom is 0.225 e. The molecule has 0 saturated heterocycles. The lowest BCUT2D eigenvalue weighted by Crippen LogP contribution is -2.15. The highest BCUT2D eigenvalue weighted by Crippen LogP contribution is 2.39. The van der Waals surface area contributed by atoms with Gasteiger partial charge in [0.1, 0.15) is 11.1 Å². The van der Waals surface area contributed by atoms with E-state index in [2.05, 4.69) is 23.6 Å². The molecule has 1 heterocycles. The number of hydrogen-bond donors (Lipinski definition) is 2. The van der Waals surface area contributed by atoms with Gasteiger partial charge in [-0.25, -0.2) is 0 Å². The van der Waals surface area contributed by atoms with E-state index in [1.165, 1.54) is 10.4 Å². The lowest BCUT2D eigenvalue weighted by Gasteiger charge is -2.17. The zero-order chi connectivity index (χ0) is 14.5. The maximum atomic E-state index is 11.9. The molecule has 1 aliphatic carbocycles. The molecule has 0 radical (unpaired) electrons. The molecule has 0 aliphatic heterocycles. The van der Waals surface area contributed by atoms with Gasteiger partial charge in [0, 0.05) is 11.3 Å². The van der Waals surface area contributed by atoms with Crippen molar-refractivity contribution in [2.24, 2.45) is 5.92 Å². The first-order valence-electron chi connectivity index (χ1n) is 7.14. The van der Waals surface area contributed by atoms with Crippen LogP contribution in [-0.2, 0) is 17.6 Å². The van der Waals surface area contributed by atoms with Crippen LogP contribution in [0.2, 0.25) is 0 Å². The fourth-order valence-corrected chi connectivity index (χ4v) is 3.95. The highest BCUT2D eigenvalue weighted by molar-refractivity contribution is 7.16. The second-order valence-corrected chi connectivity index (χ2v) is 6.53. The molecular weight excluding hydrogens is 270 g/mol. The van der Waals surface area contributed by atoms with E-state index >= 15 is 0 Å². The summed E-state index contributed by atoms with van der Waals surface area (Å²) >= 11 is 1.59. The molecule has 1 aliphatic rings. The number of nitrogens with zero attached hydrogens (tertiary/aromatic N) is 1. The standard InChI is InChI=1S/C15H21N3OS/c1-10-5-6-11-12(9-16)15(20-13(11)8-10)18-14(19)4-3-7-17-2/h10,17H,3-8H2,1-2H3,(H,18,19). The molecule has 5 heteroatoms. The number of fused-ring (bicyclic) bond motifs is 1. The second kappa shape index (κ2) is 6.87. The molecule has 0 bridgehead atoms. The van der Waals surface area contributed by atoms with Gasteiger partial charge in [-0.05, 0) is 50.8 Å². The Morgan fingerprint density at radius 1 is 1.55 bits per heavy atom. The summed E-state index contributed by atoms with van der Waals surface area (Å²) in [7, 11) is 1.88. The number of rotatable bonds is 5. The number of hydrogen-bond acceptors (Lipinski definition) is 4. The number of anilines is 1. The molecule has 1 atom stereocenters. The minimum absolute atomic E-state index is 0.00314. The van der Waals surface area contributed by atoms with Gasteiger partial charge in [-0.1, -0.05) is 6.92 Å². The molecule has 1 aromatic heterocycles. The lowest BCUT2D eigenvalue weighted by atomic mass is 9.88. The fraction of sp³-hybridized carbons (Fsp3) is 0.600. The predicted molar refractivity (Wildman–Crippen MR) is 82.0 cm³/mol. The summed E-state index contributed by atoms with van der Waals surface area (Å²) in [6.45, 7) is 3.07. The third kappa shape index (κ3) is 3.38. The molecule has 2 rings (SSSR count). The smallest absolute Gasteiger partial charge is 0.225 e. The summed E-state index contributed by atoms with van der Waals surface area (Å²) in [5.41, 5.74) is 1.86. The summed E-state index contributed by atoms with van der Waals surface area (Å²) in [6.07, 6.45) is 4.43. The van der Waals surface area contributed by atoms with Gasteiger partial charge in [0.15, 0.2) is 0 Å². The maximum absolute atomic E-state index is 11.9. The molecule has 20 heavy (non-hydrogen) atoms. The Labute approximate surface area is 124 Å². The summed E-state index contributed by atoms with van der Waals surface area (Å²) in [5, 5.41) is 16.0. The van der Waals surface area contributed by atoms with Crippen molar-refractivity contribution < 1.29 is 4.79 Å². The van der Waals surface area contributed by atoms with Gasteiger partial charge in [-0.2, -0.15) is 5.26 Å². The van der Waals surface area contributed by atoms with Gasteiger partial charge in [0.2, 0.25) is 5.91 Å². The summed E-state index contributed by atoms with van der Waals surface area (Å²) in [6, 6.07) is 2.27. The van der Waals surface area contributed by atoms with Gasteiger partial charge in [0.25, 0.3) is 0 Å². The van der Waals surface area contributed by atoms with E-state index in [0.717, 1.165) is 37.2 Å². The molecule has 4 nitrogen and oxygen atoms in total. The van der Waals surface area contributed by atoms with Crippen molar-refractivity contribution in [3.05, 3.63) is 16.0 Å². The van der Waals surface area contributed by atoms with Crippen molar-refractivity contribution in [3.63, 3.8) is 0 Å². The van der Waals surface area contributed by atoms with Gasteiger partial charge in [0.05, 0.1) is 5.56 Å². The fourth-order valence-electron chi connectivity index (χ4n) is 2.57. The van der Waals surface area contributed by atoms with Crippen LogP contribution >= 0.6 is 11.3 Å². The van der Waals surface area contributed by atoms with Gasteiger partial charge in [-0.15, -0.1) is 11.3 Å². The van der Waals surface area contributed by atoms with Crippen molar-refractivity contribution in [2.45, 2.75) is 39.0 Å². The van der Waals surface area contributed by atoms with E-state index in [1.807, 2.05) is 7.05 Å².